The van der Waals surface area contributed by atoms with Crippen LogP contribution in [0.3, 0.4) is 0 Å². The van der Waals surface area contributed by atoms with Crippen molar-refractivity contribution >= 4 is 64.6 Å². The molecule has 2 nitrogen and oxygen atoms in total. The standard InChI is InChI=1S/CH3NO.Rb.H/c2-1-3;;/h1H,(H2,2,3);;. The maximum atomic E-state index is 8.58. The summed E-state index contributed by atoms with van der Waals surface area (Å²) in [5.74, 6) is 0. The Balaban J connectivity index is 0. The summed E-state index contributed by atoms with van der Waals surface area (Å²) in [4.78, 5) is 8.58. The molecule has 0 aromatic rings. The predicted octanol–water partition coefficient (Wildman–Crippen LogP) is -1.55. The van der Waals surface area contributed by atoms with Gasteiger partial charge in [-0.2, -0.15) is 0 Å². The normalized spacial score (nSPS) is 3.00. The van der Waals surface area contributed by atoms with E-state index in [9.17, 15) is 0 Å². The third-order valence-corrected chi connectivity index (χ3v) is 0. The van der Waals surface area contributed by atoms with E-state index in [1.165, 1.54) is 0 Å². The molecular weight excluding hydrogens is 127 g/mol. The molecule has 20 valence electrons. The third-order valence-electron chi connectivity index (χ3n) is 0. The predicted molar refractivity (Wildman–Crippen MR) is 17.4 cm³/mol. The molecule has 0 spiro atoms. The minimum absolute atomic E-state index is 0. The van der Waals surface area contributed by atoms with Gasteiger partial charge in [0, 0.05) is 0 Å². The monoisotopic (exact) mass is 131 g/mol. The van der Waals surface area contributed by atoms with Gasteiger partial charge in [0.05, 0.1) is 0 Å². The Kier molecular flexibility index (Phi) is 19.9. The number of hydrogen-bond donors (Lipinski definition) is 1. The summed E-state index contributed by atoms with van der Waals surface area (Å²) >= 11 is 0. The van der Waals surface area contributed by atoms with Gasteiger partial charge >= 0.3 is 58.2 Å². The molecule has 0 aromatic carbocycles. The Morgan fingerprint density at radius 2 is 1.75 bits per heavy atom. The Morgan fingerprint density at radius 1 is 1.75 bits per heavy atom. The summed E-state index contributed by atoms with van der Waals surface area (Å²) < 4.78 is 0. The summed E-state index contributed by atoms with van der Waals surface area (Å²) in [6.07, 6.45) is 0.250. The molecule has 0 saturated heterocycles. The first-order valence-electron chi connectivity index (χ1n) is 0.569. The summed E-state index contributed by atoms with van der Waals surface area (Å²) in [6.45, 7) is 0. The van der Waals surface area contributed by atoms with E-state index in [-0.39, 0.29) is 64.6 Å². The first-order chi connectivity index (χ1) is 1.41. The molecule has 0 radical (unpaired) electrons. The van der Waals surface area contributed by atoms with Crippen molar-refractivity contribution in [1.29, 1.82) is 0 Å². The van der Waals surface area contributed by atoms with Gasteiger partial charge in [0.2, 0.25) is 6.41 Å². The van der Waals surface area contributed by atoms with Gasteiger partial charge < -0.3 is 5.73 Å². The van der Waals surface area contributed by atoms with Crippen molar-refractivity contribution in [2.45, 2.75) is 0 Å². The van der Waals surface area contributed by atoms with Crippen LogP contribution < -0.4 is 5.73 Å². The quantitative estimate of drug-likeness (QED) is 0.398. The number of hydrogen-bond acceptors (Lipinski definition) is 1. The Hall–Kier alpha value is 1.28. The van der Waals surface area contributed by atoms with Gasteiger partial charge in [-0.25, -0.2) is 0 Å². The van der Waals surface area contributed by atoms with Crippen molar-refractivity contribution < 1.29 is 4.79 Å². The van der Waals surface area contributed by atoms with Gasteiger partial charge in [0.1, 0.15) is 0 Å². The molecule has 0 aromatic heterocycles. The molecule has 0 atom stereocenters. The van der Waals surface area contributed by atoms with Crippen LogP contribution in [0.2, 0.25) is 0 Å². The first kappa shape index (κ1) is 8.99. The van der Waals surface area contributed by atoms with Crippen LogP contribution in [-0.2, 0) is 4.79 Å². The number of nitrogens with two attached hydrogens (primary N) is 1. The average Bonchev–Trinajstić information content (AvgIpc) is 0.918. The van der Waals surface area contributed by atoms with Crippen LogP contribution in [0.5, 0.6) is 0 Å². The zero-order chi connectivity index (χ0) is 2.71. The van der Waals surface area contributed by atoms with Crippen molar-refractivity contribution in [2.75, 3.05) is 0 Å². The fraction of sp³-hybridized carbons (Fsp3) is 0. The van der Waals surface area contributed by atoms with Crippen molar-refractivity contribution in [1.82, 2.24) is 0 Å². The van der Waals surface area contributed by atoms with Crippen LogP contribution in [0.4, 0.5) is 0 Å². The molecular formula is CH4NORb. The fourth-order valence-electron chi connectivity index (χ4n) is 0. The van der Waals surface area contributed by atoms with Gasteiger partial charge in [0.15, 0.2) is 0 Å². The Morgan fingerprint density at radius 3 is 1.75 bits per heavy atom. The molecule has 1 amide bonds. The fourth-order valence-corrected chi connectivity index (χ4v) is 0. The first-order valence-corrected chi connectivity index (χ1v) is 0.569. The van der Waals surface area contributed by atoms with Crippen LogP contribution in [-0.4, -0.2) is 64.6 Å². The van der Waals surface area contributed by atoms with Crippen LogP contribution in [0.15, 0.2) is 0 Å². The molecule has 0 aliphatic heterocycles. The SMILES string of the molecule is NC=O.[RbH]. The molecule has 0 saturated carbocycles. The van der Waals surface area contributed by atoms with Crippen LogP contribution in [0.25, 0.3) is 0 Å². The molecule has 0 aliphatic carbocycles. The van der Waals surface area contributed by atoms with Gasteiger partial charge in [-0.05, 0) is 0 Å². The van der Waals surface area contributed by atoms with E-state index in [0.717, 1.165) is 0 Å². The summed E-state index contributed by atoms with van der Waals surface area (Å²) in [7, 11) is 0. The van der Waals surface area contributed by atoms with Crippen molar-refractivity contribution in [3.05, 3.63) is 0 Å². The number of carbonyl (C=O) groups excluding carboxylic acids is 1. The molecule has 0 bridgehead atoms. The number of primary amides is 1. The van der Waals surface area contributed by atoms with Crippen LogP contribution >= 0.6 is 0 Å². The summed E-state index contributed by atoms with van der Waals surface area (Å²) in [5, 5.41) is 0. The van der Waals surface area contributed by atoms with E-state index >= 15 is 0 Å². The van der Waals surface area contributed by atoms with Crippen LogP contribution in [0, 0.1) is 0 Å². The minimum atomic E-state index is 0. The average molecular weight is 132 g/mol. The molecule has 0 aliphatic rings. The van der Waals surface area contributed by atoms with E-state index in [1.807, 2.05) is 0 Å². The maximum absolute atomic E-state index is 8.58. The zero-order valence-electron chi connectivity index (χ0n) is 1.56. The van der Waals surface area contributed by atoms with Gasteiger partial charge in [0.25, 0.3) is 0 Å². The molecule has 0 rings (SSSR count). The van der Waals surface area contributed by atoms with E-state index in [1.54, 1.807) is 0 Å². The second kappa shape index (κ2) is 8.86. The van der Waals surface area contributed by atoms with Crippen molar-refractivity contribution in [3.63, 3.8) is 0 Å². The Bertz CT molecular complexity index is 15.5. The summed E-state index contributed by atoms with van der Waals surface area (Å²) in [5.41, 5.74) is 4.17. The van der Waals surface area contributed by atoms with Crippen LogP contribution in [0.1, 0.15) is 0 Å². The van der Waals surface area contributed by atoms with E-state index in [0.29, 0.717) is 0 Å². The van der Waals surface area contributed by atoms with Gasteiger partial charge in [-0.3, -0.25) is 4.79 Å². The number of carbonyl (C=O) groups is 1. The zero-order valence-corrected chi connectivity index (χ0v) is 1.56. The second-order valence-corrected chi connectivity index (χ2v) is 0.136. The molecule has 2 N–H and O–H groups in total. The molecule has 0 unspecified atom stereocenters. The number of rotatable bonds is 0. The van der Waals surface area contributed by atoms with Crippen molar-refractivity contribution in [3.8, 4) is 0 Å². The second-order valence-electron chi connectivity index (χ2n) is 0.136. The Labute approximate surface area is 73.5 Å². The van der Waals surface area contributed by atoms with E-state index in [4.69, 9.17) is 4.79 Å². The number of amides is 1. The summed E-state index contributed by atoms with van der Waals surface area (Å²) in [6, 6.07) is 0. The van der Waals surface area contributed by atoms with E-state index in [2.05, 4.69) is 5.73 Å². The third kappa shape index (κ3) is 10.4. The molecule has 3 heteroatoms. The van der Waals surface area contributed by atoms with Gasteiger partial charge in [-0.15, -0.1) is 0 Å². The molecule has 0 fully saturated rings. The molecule has 4 heavy (non-hydrogen) atoms. The topological polar surface area (TPSA) is 43.1 Å². The van der Waals surface area contributed by atoms with Crippen molar-refractivity contribution in [2.24, 2.45) is 5.73 Å². The van der Waals surface area contributed by atoms with E-state index < -0.39 is 0 Å². The molecule has 0 heterocycles. The van der Waals surface area contributed by atoms with Gasteiger partial charge in [-0.1, -0.05) is 0 Å².